The molecule has 1 aromatic heterocycles. The molecule has 7 nitrogen and oxygen atoms in total. The molecule has 0 radical (unpaired) electrons. The lowest BCUT2D eigenvalue weighted by atomic mass is 10.1. The van der Waals surface area contributed by atoms with E-state index in [2.05, 4.69) is 16.1 Å². The second kappa shape index (κ2) is 5.61. The molecule has 3 heterocycles. The molecule has 3 rings (SSSR count). The average Bonchev–Trinajstić information content (AvgIpc) is 2.87. The minimum atomic E-state index is 0.0825. The number of morpholine rings is 1. The zero-order valence-electron chi connectivity index (χ0n) is 11.2. The first-order valence-corrected chi connectivity index (χ1v) is 6.78. The first kappa shape index (κ1) is 13.1. The van der Waals surface area contributed by atoms with Gasteiger partial charge in [-0.3, -0.25) is 14.4 Å². The van der Waals surface area contributed by atoms with E-state index in [1.54, 1.807) is 12.4 Å². The average molecular weight is 275 g/mol. The van der Waals surface area contributed by atoms with Crippen LogP contribution in [0, 0.1) is 11.3 Å². The Kier molecular flexibility index (Phi) is 3.67. The van der Waals surface area contributed by atoms with Crippen molar-refractivity contribution in [2.45, 2.75) is 6.04 Å². The second-order valence-electron chi connectivity index (χ2n) is 5.17. The molecule has 0 unspecified atom stereocenters. The molecular weight excluding hydrogens is 258 g/mol. The van der Waals surface area contributed by atoms with Gasteiger partial charge in [0.15, 0.2) is 0 Å². The Morgan fingerprint density at radius 3 is 3.00 bits per heavy atom. The van der Waals surface area contributed by atoms with Crippen molar-refractivity contribution in [1.82, 2.24) is 19.6 Å². The van der Waals surface area contributed by atoms with Gasteiger partial charge in [0.1, 0.15) is 12.7 Å². The highest BCUT2D eigenvalue weighted by Gasteiger charge is 2.29. The van der Waals surface area contributed by atoms with Crippen LogP contribution in [0.4, 0.5) is 0 Å². The summed E-state index contributed by atoms with van der Waals surface area (Å²) in [6.07, 6.45) is 3.38. The zero-order valence-corrected chi connectivity index (χ0v) is 11.2. The summed E-state index contributed by atoms with van der Waals surface area (Å²) in [4.78, 5) is 15.7. The van der Waals surface area contributed by atoms with Crippen LogP contribution in [0.15, 0.2) is 12.4 Å². The minimum absolute atomic E-state index is 0.0825. The van der Waals surface area contributed by atoms with E-state index in [4.69, 9.17) is 10.00 Å². The lowest BCUT2D eigenvalue weighted by Crippen LogP contribution is -2.52. The Morgan fingerprint density at radius 2 is 2.30 bits per heavy atom. The number of carbonyl (C=O) groups excluding carboxylic acids is 1. The van der Waals surface area contributed by atoms with Gasteiger partial charge in [-0.15, -0.1) is 0 Å². The number of aromatic nitrogens is 2. The van der Waals surface area contributed by atoms with E-state index in [1.165, 1.54) is 0 Å². The Bertz CT molecular complexity index is 529. The first-order chi connectivity index (χ1) is 9.76. The van der Waals surface area contributed by atoms with Crippen LogP contribution in [0.25, 0.3) is 0 Å². The van der Waals surface area contributed by atoms with Crippen molar-refractivity contribution in [2.24, 2.45) is 0 Å². The van der Waals surface area contributed by atoms with E-state index in [0.717, 1.165) is 26.2 Å². The van der Waals surface area contributed by atoms with Gasteiger partial charge in [0.05, 0.1) is 24.4 Å². The predicted molar refractivity (Wildman–Crippen MR) is 69.8 cm³/mol. The molecule has 0 aliphatic carbocycles. The van der Waals surface area contributed by atoms with Crippen LogP contribution in [-0.4, -0.2) is 71.4 Å². The first-order valence-electron chi connectivity index (χ1n) is 6.78. The van der Waals surface area contributed by atoms with Gasteiger partial charge in [0, 0.05) is 38.9 Å². The van der Waals surface area contributed by atoms with Crippen molar-refractivity contribution >= 4 is 5.91 Å². The SMILES string of the molecule is N#Cc1cnn(C2CN(CCN3CCOCC3=O)C2)c1. The molecule has 0 saturated carbocycles. The third kappa shape index (κ3) is 2.66. The maximum Gasteiger partial charge on any atom is 0.248 e. The van der Waals surface area contributed by atoms with Crippen molar-refractivity contribution in [3.8, 4) is 6.07 Å². The summed E-state index contributed by atoms with van der Waals surface area (Å²) in [5.74, 6) is 0.0825. The highest BCUT2D eigenvalue weighted by Crippen LogP contribution is 2.20. The van der Waals surface area contributed by atoms with Gasteiger partial charge in [0.2, 0.25) is 5.91 Å². The van der Waals surface area contributed by atoms with Crippen LogP contribution in [-0.2, 0) is 9.53 Å². The lowest BCUT2D eigenvalue weighted by molar-refractivity contribution is -0.143. The highest BCUT2D eigenvalue weighted by atomic mass is 16.5. The summed E-state index contributed by atoms with van der Waals surface area (Å²) < 4.78 is 6.96. The summed E-state index contributed by atoms with van der Waals surface area (Å²) in [5, 5.41) is 13.0. The molecule has 7 heteroatoms. The van der Waals surface area contributed by atoms with Gasteiger partial charge in [-0.2, -0.15) is 10.4 Å². The van der Waals surface area contributed by atoms with E-state index >= 15 is 0 Å². The molecule has 2 aliphatic rings. The fourth-order valence-electron chi connectivity index (χ4n) is 2.54. The van der Waals surface area contributed by atoms with Crippen molar-refractivity contribution in [3.63, 3.8) is 0 Å². The van der Waals surface area contributed by atoms with Gasteiger partial charge >= 0.3 is 0 Å². The molecule has 0 aromatic carbocycles. The van der Waals surface area contributed by atoms with E-state index in [0.29, 0.717) is 24.8 Å². The lowest BCUT2D eigenvalue weighted by Gasteiger charge is -2.40. The van der Waals surface area contributed by atoms with Crippen LogP contribution in [0.5, 0.6) is 0 Å². The van der Waals surface area contributed by atoms with Crippen molar-refractivity contribution in [1.29, 1.82) is 5.26 Å². The van der Waals surface area contributed by atoms with Crippen LogP contribution < -0.4 is 0 Å². The fourth-order valence-corrected chi connectivity index (χ4v) is 2.54. The quantitative estimate of drug-likeness (QED) is 0.738. The number of nitrogens with zero attached hydrogens (tertiary/aromatic N) is 5. The van der Waals surface area contributed by atoms with E-state index in [-0.39, 0.29) is 12.5 Å². The van der Waals surface area contributed by atoms with E-state index in [9.17, 15) is 4.79 Å². The molecule has 2 saturated heterocycles. The second-order valence-corrected chi connectivity index (χ2v) is 5.17. The number of amides is 1. The molecule has 0 atom stereocenters. The molecule has 106 valence electrons. The third-order valence-electron chi connectivity index (χ3n) is 3.81. The van der Waals surface area contributed by atoms with Crippen molar-refractivity contribution in [2.75, 3.05) is 45.9 Å². The van der Waals surface area contributed by atoms with E-state index < -0.39 is 0 Å². The number of ether oxygens (including phenoxy) is 1. The number of nitriles is 1. The van der Waals surface area contributed by atoms with Gasteiger partial charge in [-0.25, -0.2) is 0 Å². The van der Waals surface area contributed by atoms with Crippen LogP contribution in [0.2, 0.25) is 0 Å². The zero-order chi connectivity index (χ0) is 13.9. The van der Waals surface area contributed by atoms with Crippen molar-refractivity contribution in [3.05, 3.63) is 18.0 Å². The molecule has 1 aromatic rings. The smallest absolute Gasteiger partial charge is 0.248 e. The van der Waals surface area contributed by atoms with Gasteiger partial charge in [-0.05, 0) is 0 Å². The number of hydrogen-bond donors (Lipinski definition) is 0. The number of carbonyl (C=O) groups is 1. The number of likely N-dealkylation sites (tertiary alicyclic amines) is 1. The molecule has 0 bridgehead atoms. The summed E-state index contributed by atoms with van der Waals surface area (Å²) in [6.45, 7) is 5.04. The Morgan fingerprint density at radius 1 is 1.45 bits per heavy atom. The summed E-state index contributed by atoms with van der Waals surface area (Å²) in [7, 11) is 0. The molecule has 0 N–H and O–H groups in total. The third-order valence-corrected chi connectivity index (χ3v) is 3.81. The van der Waals surface area contributed by atoms with Gasteiger partial charge < -0.3 is 9.64 Å². The minimum Gasteiger partial charge on any atom is -0.370 e. The summed E-state index contributed by atoms with van der Waals surface area (Å²) in [5.41, 5.74) is 0.599. The molecule has 2 fully saturated rings. The molecule has 0 spiro atoms. The Labute approximate surface area is 117 Å². The standard InChI is InChI=1S/C13H17N5O2/c14-5-11-6-15-18(7-11)12-8-16(9-12)1-2-17-3-4-20-10-13(17)19/h6-7,12H,1-4,8-10H2. The Hall–Kier alpha value is -1.91. The summed E-state index contributed by atoms with van der Waals surface area (Å²) >= 11 is 0. The maximum absolute atomic E-state index is 11.6. The van der Waals surface area contributed by atoms with Crippen LogP contribution >= 0.6 is 0 Å². The van der Waals surface area contributed by atoms with Crippen molar-refractivity contribution < 1.29 is 9.53 Å². The fraction of sp³-hybridized carbons (Fsp3) is 0.615. The number of hydrogen-bond acceptors (Lipinski definition) is 5. The Balaban J connectivity index is 1.42. The maximum atomic E-state index is 11.6. The summed E-state index contributed by atoms with van der Waals surface area (Å²) in [6, 6.07) is 2.43. The predicted octanol–water partition coefficient (Wildman–Crippen LogP) is -0.530. The highest BCUT2D eigenvalue weighted by molar-refractivity contribution is 5.77. The molecule has 20 heavy (non-hydrogen) atoms. The van der Waals surface area contributed by atoms with Gasteiger partial charge in [0.25, 0.3) is 0 Å². The topological polar surface area (TPSA) is 74.4 Å². The van der Waals surface area contributed by atoms with Crippen LogP contribution in [0.1, 0.15) is 11.6 Å². The number of rotatable bonds is 4. The molecule has 2 aliphatic heterocycles. The molecular formula is C13H17N5O2. The van der Waals surface area contributed by atoms with E-state index in [1.807, 2.05) is 9.58 Å². The largest absolute Gasteiger partial charge is 0.370 e. The normalized spacial score (nSPS) is 20.8. The van der Waals surface area contributed by atoms with Gasteiger partial charge in [-0.1, -0.05) is 0 Å². The molecule has 1 amide bonds. The van der Waals surface area contributed by atoms with Crippen LogP contribution in [0.3, 0.4) is 0 Å². The monoisotopic (exact) mass is 275 g/mol.